The Balaban J connectivity index is 2.32. The van der Waals surface area contributed by atoms with Crippen molar-refractivity contribution in [3.8, 4) is 0 Å². The summed E-state index contributed by atoms with van der Waals surface area (Å²) in [5, 5.41) is 11.1. The maximum absolute atomic E-state index is 11.5. The number of primary amides is 1. The monoisotopic (exact) mass is 311 g/mol. The summed E-state index contributed by atoms with van der Waals surface area (Å²) in [6.45, 7) is 2.50. The molecule has 116 valence electrons. The number of hydrogen-bond donors (Lipinski definition) is 2. The van der Waals surface area contributed by atoms with E-state index in [2.05, 4.69) is 0 Å². The predicted octanol–water partition coefficient (Wildman–Crippen LogP) is 1.98. The van der Waals surface area contributed by atoms with Crippen molar-refractivity contribution < 1.29 is 19.4 Å². The molecule has 0 fully saturated rings. The van der Waals surface area contributed by atoms with Gasteiger partial charge in [0.05, 0.1) is 0 Å². The normalized spacial score (nSPS) is 25.2. The van der Waals surface area contributed by atoms with Crippen LogP contribution in [0.4, 0.5) is 0 Å². The highest BCUT2D eigenvalue weighted by molar-refractivity contribution is 7.10. The number of aliphatic hydroxyl groups excluding tert-OH is 1. The molecular formula is C15H21NO4S. The molecule has 3 atom stereocenters. The number of nitrogens with two attached hydrogens (primary N) is 1. The molecule has 0 unspecified atom stereocenters. The zero-order valence-electron chi connectivity index (χ0n) is 12.0. The molecule has 1 aliphatic heterocycles. The van der Waals surface area contributed by atoms with Crippen molar-refractivity contribution in [1.29, 1.82) is 0 Å². The number of carbonyl (C=O) groups excluding carboxylic acids is 1. The first-order valence-corrected chi connectivity index (χ1v) is 7.99. The number of allylic oxidation sites excluding steroid dienone is 1. The predicted molar refractivity (Wildman–Crippen MR) is 80.6 cm³/mol. The molecule has 0 radical (unpaired) electrons. The molecule has 0 aliphatic carbocycles. The lowest BCUT2D eigenvalue weighted by atomic mass is 9.84. The summed E-state index contributed by atoms with van der Waals surface area (Å²) in [5.41, 5.74) is 5.36. The lowest BCUT2D eigenvalue weighted by molar-refractivity contribution is -0.165. The lowest BCUT2D eigenvalue weighted by Gasteiger charge is -2.36. The molecule has 5 nitrogen and oxygen atoms in total. The topological polar surface area (TPSA) is 81.8 Å². The third-order valence-electron chi connectivity index (χ3n) is 3.53. The van der Waals surface area contributed by atoms with Crippen molar-refractivity contribution in [2.75, 3.05) is 13.2 Å². The fourth-order valence-electron chi connectivity index (χ4n) is 2.59. The van der Waals surface area contributed by atoms with Gasteiger partial charge in [-0.25, -0.2) is 0 Å². The molecule has 0 saturated carbocycles. The van der Waals surface area contributed by atoms with Gasteiger partial charge in [0.15, 0.2) is 5.76 Å². The summed E-state index contributed by atoms with van der Waals surface area (Å²) < 4.78 is 11.3. The van der Waals surface area contributed by atoms with Crippen LogP contribution in [0.15, 0.2) is 29.3 Å². The van der Waals surface area contributed by atoms with Crippen LogP contribution in [0.3, 0.4) is 0 Å². The fourth-order valence-corrected chi connectivity index (χ4v) is 3.46. The highest BCUT2D eigenvalue weighted by Gasteiger charge is 2.37. The van der Waals surface area contributed by atoms with Crippen LogP contribution in [0, 0.1) is 5.92 Å². The van der Waals surface area contributed by atoms with Gasteiger partial charge in [0, 0.05) is 29.9 Å². The Labute approximate surface area is 128 Å². The van der Waals surface area contributed by atoms with E-state index in [4.69, 9.17) is 20.3 Å². The first-order chi connectivity index (χ1) is 10.2. The molecule has 3 N–H and O–H groups in total. The summed E-state index contributed by atoms with van der Waals surface area (Å²) in [7, 11) is 0. The molecule has 1 aromatic rings. The van der Waals surface area contributed by atoms with Crippen molar-refractivity contribution in [2.45, 2.75) is 32.0 Å². The van der Waals surface area contributed by atoms with Crippen molar-refractivity contribution in [3.63, 3.8) is 0 Å². The van der Waals surface area contributed by atoms with Gasteiger partial charge in [-0.15, -0.1) is 11.3 Å². The van der Waals surface area contributed by atoms with Gasteiger partial charge in [-0.1, -0.05) is 6.07 Å². The minimum atomic E-state index is -0.582. The largest absolute Gasteiger partial charge is 0.459 e. The molecular weight excluding hydrogens is 290 g/mol. The Morgan fingerprint density at radius 1 is 1.57 bits per heavy atom. The highest BCUT2D eigenvalue weighted by Crippen LogP contribution is 2.40. The Hall–Kier alpha value is -1.37. The van der Waals surface area contributed by atoms with Gasteiger partial charge < -0.3 is 20.3 Å². The van der Waals surface area contributed by atoms with Crippen LogP contribution in [-0.4, -0.2) is 30.5 Å². The summed E-state index contributed by atoms with van der Waals surface area (Å²) in [5.74, 6) is -0.350. The molecule has 1 aliphatic rings. The second-order valence-electron chi connectivity index (χ2n) is 4.91. The van der Waals surface area contributed by atoms with E-state index in [0.29, 0.717) is 13.0 Å². The molecule has 0 bridgehead atoms. The first kappa shape index (κ1) is 16.0. The van der Waals surface area contributed by atoms with E-state index in [1.165, 1.54) is 0 Å². The Bertz CT molecular complexity index is 486. The fraction of sp³-hybridized carbons (Fsp3) is 0.533. The summed E-state index contributed by atoms with van der Waals surface area (Å²) in [4.78, 5) is 12.6. The van der Waals surface area contributed by atoms with Gasteiger partial charge in [-0.05, 0) is 37.3 Å². The van der Waals surface area contributed by atoms with Crippen LogP contribution in [0.25, 0.3) is 0 Å². The van der Waals surface area contributed by atoms with Gasteiger partial charge in [0.2, 0.25) is 6.29 Å². The third kappa shape index (κ3) is 3.84. The maximum Gasteiger partial charge on any atom is 0.283 e. The van der Waals surface area contributed by atoms with Crippen LogP contribution in [-0.2, 0) is 14.3 Å². The van der Waals surface area contributed by atoms with Gasteiger partial charge in [0.1, 0.15) is 0 Å². The van der Waals surface area contributed by atoms with E-state index in [-0.39, 0.29) is 24.2 Å². The second kappa shape index (κ2) is 7.59. The van der Waals surface area contributed by atoms with Crippen LogP contribution in [0.1, 0.15) is 30.6 Å². The SMILES string of the molecule is CCO[C@@H]1OC(C(N)=O)=C[C@H](c2cccs2)[C@H]1CCCO. The van der Waals surface area contributed by atoms with E-state index in [1.54, 1.807) is 17.4 Å². The molecule has 2 rings (SSSR count). The van der Waals surface area contributed by atoms with E-state index < -0.39 is 12.2 Å². The van der Waals surface area contributed by atoms with Crippen LogP contribution in [0.2, 0.25) is 0 Å². The smallest absolute Gasteiger partial charge is 0.283 e. The Morgan fingerprint density at radius 3 is 2.95 bits per heavy atom. The first-order valence-electron chi connectivity index (χ1n) is 7.11. The highest BCUT2D eigenvalue weighted by atomic mass is 32.1. The molecule has 6 heteroatoms. The number of hydrogen-bond acceptors (Lipinski definition) is 5. The minimum Gasteiger partial charge on any atom is -0.459 e. The van der Waals surface area contributed by atoms with Crippen molar-refractivity contribution in [3.05, 3.63) is 34.2 Å². The van der Waals surface area contributed by atoms with Gasteiger partial charge in [0.25, 0.3) is 5.91 Å². The Kier molecular flexibility index (Phi) is 5.78. The van der Waals surface area contributed by atoms with Crippen molar-refractivity contribution in [2.24, 2.45) is 11.7 Å². The minimum absolute atomic E-state index is 0.0179. The molecule has 0 aromatic carbocycles. The number of amides is 1. The van der Waals surface area contributed by atoms with Gasteiger partial charge >= 0.3 is 0 Å². The van der Waals surface area contributed by atoms with Gasteiger partial charge in [-0.2, -0.15) is 0 Å². The molecule has 0 spiro atoms. The third-order valence-corrected chi connectivity index (χ3v) is 4.50. The molecule has 1 aromatic heterocycles. The van der Waals surface area contributed by atoms with Crippen molar-refractivity contribution in [1.82, 2.24) is 0 Å². The zero-order chi connectivity index (χ0) is 15.2. The van der Waals surface area contributed by atoms with Crippen LogP contribution >= 0.6 is 11.3 Å². The number of rotatable bonds is 7. The molecule has 2 heterocycles. The molecule has 21 heavy (non-hydrogen) atoms. The lowest BCUT2D eigenvalue weighted by Crippen LogP contribution is -2.37. The summed E-state index contributed by atoms with van der Waals surface area (Å²) in [6, 6.07) is 4.01. The maximum atomic E-state index is 11.5. The average Bonchev–Trinajstić information content (AvgIpc) is 2.99. The van der Waals surface area contributed by atoms with Crippen molar-refractivity contribution >= 4 is 17.2 Å². The number of thiophene rings is 1. The number of carbonyl (C=O) groups is 1. The zero-order valence-corrected chi connectivity index (χ0v) is 12.8. The second-order valence-corrected chi connectivity index (χ2v) is 5.89. The van der Waals surface area contributed by atoms with E-state index in [9.17, 15) is 4.79 Å². The van der Waals surface area contributed by atoms with E-state index in [1.807, 2.05) is 24.4 Å². The standard InChI is InChI=1S/C15H21NO4S/c1-2-19-15-10(5-3-7-17)11(13-6-4-8-21-13)9-12(20-15)14(16)18/h4,6,8-11,15,17H,2-3,5,7H2,1H3,(H2,16,18)/t10-,11+,15-/m1/s1. The van der Waals surface area contributed by atoms with E-state index >= 15 is 0 Å². The number of aliphatic hydroxyl groups is 1. The summed E-state index contributed by atoms with van der Waals surface area (Å²) >= 11 is 1.63. The summed E-state index contributed by atoms with van der Waals surface area (Å²) in [6.07, 6.45) is 2.69. The van der Waals surface area contributed by atoms with Crippen LogP contribution in [0.5, 0.6) is 0 Å². The molecule has 0 saturated heterocycles. The van der Waals surface area contributed by atoms with Crippen LogP contribution < -0.4 is 5.73 Å². The number of ether oxygens (including phenoxy) is 2. The Morgan fingerprint density at radius 2 is 2.38 bits per heavy atom. The quantitative estimate of drug-likeness (QED) is 0.807. The average molecular weight is 311 g/mol. The van der Waals surface area contributed by atoms with E-state index in [0.717, 1.165) is 11.3 Å². The molecule has 1 amide bonds. The van der Waals surface area contributed by atoms with Gasteiger partial charge in [-0.3, -0.25) is 4.79 Å².